The third kappa shape index (κ3) is 2.97. The van der Waals surface area contributed by atoms with Gasteiger partial charge in [-0.05, 0) is 12.8 Å². The maximum atomic E-state index is 14.4. The smallest absolute Gasteiger partial charge is 0.173 e. The van der Waals surface area contributed by atoms with E-state index in [-0.39, 0.29) is 5.15 Å². The van der Waals surface area contributed by atoms with Crippen LogP contribution >= 0.6 is 11.6 Å². The van der Waals surface area contributed by atoms with Crippen molar-refractivity contribution in [2.24, 2.45) is 0 Å². The van der Waals surface area contributed by atoms with Crippen molar-refractivity contribution in [3.8, 4) is 0 Å². The number of fused-ring (bicyclic) bond motifs is 1. The van der Waals surface area contributed by atoms with Gasteiger partial charge in [-0.15, -0.1) is 0 Å². The summed E-state index contributed by atoms with van der Waals surface area (Å²) in [7, 11) is 0. The molecule has 4 atom stereocenters. The average Bonchev–Trinajstić information content (AvgIpc) is 3.29. The highest BCUT2D eigenvalue weighted by atomic mass is 35.5. The van der Waals surface area contributed by atoms with Crippen LogP contribution in [-0.2, 0) is 4.74 Å². The van der Waals surface area contributed by atoms with E-state index in [2.05, 4.69) is 15.3 Å². The molecule has 1 saturated heterocycles. The second kappa shape index (κ2) is 6.68. The van der Waals surface area contributed by atoms with E-state index in [0.717, 1.165) is 18.5 Å². The van der Waals surface area contributed by atoms with E-state index < -0.39 is 31.2 Å². The maximum Gasteiger partial charge on any atom is 0.173 e. The third-order valence-corrected chi connectivity index (χ3v) is 5.16. The minimum Gasteiger partial charge on any atom is -0.394 e. The number of aromatic nitrogens is 3. The van der Waals surface area contributed by atoms with Crippen LogP contribution in [0.3, 0.4) is 0 Å². The van der Waals surface area contributed by atoms with Crippen LogP contribution in [0, 0.1) is 0 Å². The van der Waals surface area contributed by atoms with Gasteiger partial charge in [0.05, 0.1) is 18.6 Å². The first-order valence-electron chi connectivity index (χ1n) is 8.46. The molecular formula is C16H20ClFN4O3. The number of hydrogen-bond donors (Lipinski definition) is 3. The summed E-state index contributed by atoms with van der Waals surface area (Å²) in [5.41, 5.74) is 1.72. The molecule has 2 aromatic heterocycles. The van der Waals surface area contributed by atoms with E-state index in [1.165, 1.54) is 23.7 Å². The number of pyridine rings is 1. The number of nitrogens with zero attached hydrogens (tertiary/aromatic N) is 3. The highest BCUT2D eigenvalue weighted by Crippen LogP contribution is 2.35. The lowest BCUT2D eigenvalue weighted by molar-refractivity contribution is -0.0459. The lowest BCUT2D eigenvalue weighted by atomic mass is 10.1. The fourth-order valence-electron chi connectivity index (χ4n) is 3.64. The predicted molar refractivity (Wildman–Crippen MR) is 90.3 cm³/mol. The van der Waals surface area contributed by atoms with Gasteiger partial charge in [0.25, 0.3) is 0 Å². The highest BCUT2D eigenvalue weighted by Gasteiger charge is 2.45. The van der Waals surface area contributed by atoms with Crippen molar-refractivity contribution in [1.82, 2.24) is 14.5 Å². The van der Waals surface area contributed by atoms with Gasteiger partial charge in [-0.3, -0.25) is 4.57 Å². The topological polar surface area (TPSA) is 92.4 Å². The molecule has 2 aliphatic rings. The van der Waals surface area contributed by atoms with Gasteiger partial charge in [-0.1, -0.05) is 24.4 Å². The van der Waals surface area contributed by atoms with Crippen LogP contribution in [0.15, 0.2) is 12.4 Å². The molecule has 0 amide bonds. The van der Waals surface area contributed by atoms with Crippen LogP contribution in [0.4, 0.5) is 10.1 Å². The zero-order chi connectivity index (χ0) is 17.6. The Bertz CT molecular complexity index is 767. The van der Waals surface area contributed by atoms with Gasteiger partial charge in [0.15, 0.2) is 18.0 Å². The third-order valence-electron chi connectivity index (χ3n) is 4.96. The molecule has 3 N–H and O–H groups in total. The van der Waals surface area contributed by atoms with Crippen molar-refractivity contribution in [3.05, 3.63) is 17.5 Å². The van der Waals surface area contributed by atoms with E-state index >= 15 is 0 Å². The second-order valence-electron chi connectivity index (χ2n) is 6.63. The molecule has 2 aromatic rings. The molecule has 0 unspecified atom stereocenters. The lowest BCUT2D eigenvalue weighted by Gasteiger charge is -2.17. The fraction of sp³-hybridized carbons (Fsp3) is 0.625. The van der Waals surface area contributed by atoms with E-state index in [1.54, 1.807) is 6.07 Å². The monoisotopic (exact) mass is 370 g/mol. The lowest BCUT2D eigenvalue weighted by Crippen LogP contribution is -2.30. The molecule has 25 heavy (non-hydrogen) atoms. The van der Waals surface area contributed by atoms with Crippen molar-refractivity contribution >= 4 is 28.5 Å². The largest absolute Gasteiger partial charge is 0.394 e. The molecule has 1 aliphatic carbocycles. The van der Waals surface area contributed by atoms with Gasteiger partial charge in [0.2, 0.25) is 0 Å². The van der Waals surface area contributed by atoms with Gasteiger partial charge in [-0.2, -0.15) is 0 Å². The molecule has 136 valence electrons. The Kier molecular flexibility index (Phi) is 4.53. The van der Waals surface area contributed by atoms with E-state index in [4.69, 9.17) is 16.3 Å². The summed E-state index contributed by atoms with van der Waals surface area (Å²) in [6.45, 7) is -0.465. The SMILES string of the molecule is OC[C@H]1O[C@@H](n2cnc3c(NC4CCCC4)cc(Cl)nc32)[C@@H](F)[C@@H]1O. The number of ether oxygens (including phenoxy) is 1. The number of hydrogen-bond acceptors (Lipinski definition) is 6. The first kappa shape index (κ1) is 17.0. The number of halogens is 2. The highest BCUT2D eigenvalue weighted by molar-refractivity contribution is 6.30. The van der Waals surface area contributed by atoms with Gasteiger partial charge in [0, 0.05) is 12.1 Å². The normalized spacial score (nSPS) is 30.4. The van der Waals surface area contributed by atoms with E-state index in [9.17, 15) is 14.6 Å². The van der Waals surface area contributed by atoms with Crippen LogP contribution in [0.25, 0.3) is 11.2 Å². The molecule has 1 saturated carbocycles. The molecule has 2 fully saturated rings. The Balaban J connectivity index is 1.70. The Morgan fingerprint density at radius 3 is 2.84 bits per heavy atom. The van der Waals surface area contributed by atoms with Crippen molar-refractivity contribution in [1.29, 1.82) is 0 Å². The minimum absolute atomic E-state index is 0.266. The number of anilines is 1. The predicted octanol–water partition coefficient (Wildman–Crippen LogP) is 2.03. The Morgan fingerprint density at radius 2 is 2.16 bits per heavy atom. The molecule has 0 aromatic carbocycles. The van der Waals surface area contributed by atoms with Crippen LogP contribution in [0.2, 0.25) is 5.15 Å². The second-order valence-corrected chi connectivity index (χ2v) is 7.01. The molecule has 1 aliphatic heterocycles. The summed E-state index contributed by atoms with van der Waals surface area (Å²) in [5, 5.41) is 22.8. The van der Waals surface area contributed by atoms with Crippen molar-refractivity contribution < 1.29 is 19.3 Å². The number of alkyl halides is 1. The summed E-state index contributed by atoms with van der Waals surface area (Å²) in [6, 6.07) is 2.08. The quantitative estimate of drug-likeness (QED) is 0.713. The van der Waals surface area contributed by atoms with Crippen molar-refractivity contribution in [2.75, 3.05) is 11.9 Å². The number of nitrogens with one attached hydrogen (secondary N) is 1. The fourth-order valence-corrected chi connectivity index (χ4v) is 3.83. The summed E-state index contributed by atoms with van der Waals surface area (Å²) in [6.07, 6.45) is 0.800. The number of rotatable bonds is 4. The molecule has 0 bridgehead atoms. The summed E-state index contributed by atoms with van der Waals surface area (Å²) in [4.78, 5) is 8.61. The molecule has 9 heteroatoms. The van der Waals surface area contributed by atoms with Crippen LogP contribution in [0.5, 0.6) is 0 Å². The molecule has 7 nitrogen and oxygen atoms in total. The molecule has 0 radical (unpaired) electrons. The standard InChI is InChI=1S/C16H20ClFN4O3/c17-11-5-9(20-8-3-1-2-4-8)13-15(21-11)22(7-19-13)16-12(18)14(24)10(6-23)25-16/h5,7-8,10,12,14,16,23-24H,1-4,6H2,(H,20,21)/t10-,12+,14-,16-/m1/s1. The van der Waals surface area contributed by atoms with Crippen LogP contribution in [-0.4, -0.2) is 55.8 Å². The van der Waals surface area contributed by atoms with Crippen LogP contribution in [0.1, 0.15) is 31.9 Å². The number of aliphatic hydroxyl groups is 2. The summed E-state index contributed by atoms with van der Waals surface area (Å²) >= 11 is 6.15. The molecule has 4 rings (SSSR count). The first-order valence-corrected chi connectivity index (χ1v) is 8.84. The Morgan fingerprint density at radius 1 is 1.40 bits per heavy atom. The minimum atomic E-state index is -1.69. The molecular weight excluding hydrogens is 351 g/mol. The van der Waals surface area contributed by atoms with E-state index in [0.29, 0.717) is 17.2 Å². The molecule has 3 heterocycles. The number of imidazole rings is 1. The Hall–Kier alpha value is -1.48. The summed E-state index contributed by atoms with van der Waals surface area (Å²) < 4.78 is 21.3. The number of aliphatic hydroxyl groups excluding tert-OH is 2. The average molecular weight is 371 g/mol. The van der Waals surface area contributed by atoms with Crippen LogP contribution < -0.4 is 5.32 Å². The summed E-state index contributed by atoms with van der Waals surface area (Å²) in [5.74, 6) is 0. The van der Waals surface area contributed by atoms with Crippen molar-refractivity contribution in [2.45, 2.75) is 56.3 Å². The van der Waals surface area contributed by atoms with Crippen molar-refractivity contribution in [3.63, 3.8) is 0 Å². The van der Waals surface area contributed by atoms with E-state index in [1.807, 2.05) is 0 Å². The zero-order valence-corrected chi connectivity index (χ0v) is 14.2. The molecule has 0 spiro atoms. The van der Waals surface area contributed by atoms with Gasteiger partial charge in [-0.25, -0.2) is 14.4 Å². The van der Waals surface area contributed by atoms with Gasteiger partial charge < -0.3 is 20.3 Å². The zero-order valence-electron chi connectivity index (χ0n) is 13.5. The Labute approximate surface area is 148 Å². The maximum absolute atomic E-state index is 14.4. The first-order chi connectivity index (χ1) is 12.1. The van der Waals surface area contributed by atoms with Gasteiger partial charge in [0.1, 0.15) is 22.9 Å². The van der Waals surface area contributed by atoms with Gasteiger partial charge >= 0.3 is 0 Å².